The van der Waals surface area contributed by atoms with Gasteiger partial charge in [0.05, 0.1) is 25.0 Å². The zero-order chi connectivity index (χ0) is 13.7. The van der Waals surface area contributed by atoms with E-state index in [4.69, 9.17) is 4.74 Å². The number of carbonyl (C=O) groups excluding carboxylic acids is 1. The highest BCUT2D eigenvalue weighted by Gasteiger charge is 2.15. The van der Waals surface area contributed by atoms with Gasteiger partial charge in [0, 0.05) is 12.7 Å². The zero-order valence-corrected chi connectivity index (χ0v) is 11.6. The van der Waals surface area contributed by atoms with Crippen molar-refractivity contribution in [2.45, 2.75) is 20.4 Å². The Morgan fingerprint density at radius 3 is 3.11 bits per heavy atom. The zero-order valence-electron chi connectivity index (χ0n) is 10.8. The van der Waals surface area contributed by atoms with Crippen molar-refractivity contribution in [1.29, 1.82) is 0 Å². The summed E-state index contributed by atoms with van der Waals surface area (Å²) in [6.45, 7) is 5.30. The molecular weight excluding hydrogens is 266 g/mol. The molecule has 7 nitrogen and oxygen atoms in total. The Labute approximate surface area is 114 Å². The number of aromatic nitrogens is 4. The predicted octanol–water partition coefficient (Wildman–Crippen LogP) is 1.33. The molecular formula is C11H15N5O2S. The summed E-state index contributed by atoms with van der Waals surface area (Å²) in [4.78, 5) is 16.5. The molecule has 0 fully saturated rings. The number of nitrogens with zero attached hydrogens (tertiary/aromatic N) is 4. The van der Waals surface area contributed by atoms with Crippen LogP contribution in [0, 0.1) is 6.92 Å². The molecule has 8 heteroatoms. The normalized spacial score (nSPS) is 10.4. The highest BCUT2D eigenvalue weighted by Crippen LogP contribution is 2.23. The lowest BCUT2D eigenvalue weighted by molar-refractivity contribution is 0.0531. The summed E-state index contributed by atoms with van der Waals surface area (Å²) >= 11 is 1.30. The minimum atomic E-state index is -0.318. The van der Waals surface area contributed by atoms with Crippen LogP contribution in [0.4, 0.5) is 5.13 Å². The van der Waals surface area contributed by atoms with Gasteiger partial charge in [-0.15, -0.1) is 5.10 Å². The van der Waals surface area contributed by atoms with Crippen LogP contribution in [0.5, 0.6) is 0 Å². The minimum absolute atomic E-state index is 0.318. The van der Waals surface area contributed by atoms with Crippen molar-refractivity contribution in [2.75, 3.05) is 18.5 Å². The number of aryl methyl sites for hydroxylation is 1. The second-order valence-electron chi connectivity index (χ2n) is 3.75. The molecule has 102 valence electrons. The molecule has 0 bridgehead atoms. The molecule has 19 heavy (non-hydrogen) atoms. The van der Waals surface area contributed by atoms with Crippen LogP contribution in [0.1, 0.15) is 22.3 Å². The van der Waals surface area contributed by atoms with Crippen LogP contribution in [0.15, 0.2) is 12.4 Å². The van der Waals surface area contributed by atoms with Gasteiger partial charge in [-0.1, -0.05) is 16.6 Å². The van der Waals surface area contributed by atoms with Crippen LogP contribution in [-0.4, -0.2) is 39.1 Å². The van der Waals surface area contributed by atoms with Crippen LogP contribution >= 0.6 is 11.3 Å². The Morgan fingerprint density at radius 1 is 1.58 bits per heavy atom. The van der Waals surface area contributed by atoms with E-state index in [0.717, 1.165) is 0 Å². The molecule has 2 aromatic rings. The molecule has 0 saturated heterocycles. The van der Waals surface area contributed by atoms with Gasteiger partial charge in [0.25, 0.3) is 0 Å². The highest BCUT2D eigenvalue weighted by atomic mass is 32.1. The molecule has 1 N–H and O–H groups in total. The molecule has 0 amide bonds. The van der Waals surface area contributed by atoms with Gasteiger partial charge in [-0.05, 0) is 13.8 Å². The van der Waals surface area contributed by atoms with Gasteiger partial charge < -0.3 is 10.1 Å². The Bertz CT molecular complexity index is 537. The highest BCUT2D eigenvalue weighted by molar-refractivity contribution is 7.17. The second kappa shape index (κ2) is 6.28. The molecule has 0 saturated carbocycles. The van der Waals surface area contributed by atoms with Gasteiger partial charge in [0.15, 0.2) is 5.13 Å². The van der Waals surface area contributed by atoms with Gasteiger partial charge in [-0.25, -0.2) is 9.78 Å². The van der Waals surface area contributed by atoms with Gasteiger partial charge in [-0.2, -0.15) is 0 Å². The van der Waals surface area contributed by atoms with E-state index in [1.54, 1.807) is 30.9 Å². The van der Waals surface area contributed by atoms with Gasteiger partial charge in [0.2, 0.25) is 0 Å². The third kappa shape index (κ3) is 3.50. The van der Waals surface area contributed by atoms with Crippen LogP contribution in [0.3, 0.4) is 0 Å². The van der Waals surface area contributed by atoms with Crippen molar-refractivity contribution in [3.8, 4) is 0 Å². The average Bonchev–Trinajstić information content (AvgIpc) is 2.99. The van der Waals surface area contributed by atoms with Gasteiger partial charge in [0.1, 0.15) is 4.88 Å². The first kappa shape index (κ1) is 13.5. The lowest BCUT2D eigenvalue weighted by Crippen LogP contribution is -2.10. The number of esters is 1. The summed E-state index contributed by atoms with van der Waals surface area (Å²) in [6, 6.07) is 0. The van der Waals surface area contributed by atoms with Gasteiger partial charge in [-0.3, -0.25) is 4.68 Å². The topological polar surface area (TPSA) is 81.9 Å². The second-order valence-corrected chi connectivity index (χ2v) is 4.75. The Morgan fingerprint density at radius 2 is 2.42 bits per heavy atom. The first-order valence-electron chi connectivity index (χ1n) is 5.93. The predicted molar refractivity (Wildman–Crippen MR) is 71.3 cm³/mol. The van der Waals surface area contributed by atoms with E-state index in [-0.39, 0.29) is 5.97 Å². The number of hydrogen-bond donors (Lipinski definition) is 1. The van der Waals surface area contributed by atoms with E-state index in [2.05, 4.69) is 20.6 Å². The standard InChI is InChI=1S/C11H15N5O2S/c1-3-18-10(17)9-8(2)14-11(19-9)12-4-6-16-7-5-13-15-16/h5,7H,3-4,6H2,1-2H3,(H,12,14). The summed E-state index contributed by atoms with van der Waals surface area (Å²) in [5.74, 6) is -0.318. The van der Waals surface area contributed by atoms with E-state index in [0.29, 0.717) is 35.4 Å². The third-order valence-electron chi connectivity index (χ3n) is 2.35. The smallest absolute Gasteiger partial charge is 0.350 e. The molecule has 0 aliphatic heterocycles. The number of anilines is 1. The van der Waals surface area contributed by atoms with E-state index in [1.165, 1.54) is 11.3 Å². The Hall–Kier alpha value is -1.96. The molecule has 0 aromatic carbocycles. The lowest BCUT2D eigenvalue weighted by atomic mass is 10.4. The molecule has 0 unspecified atom stereocenters. The molecule has 0 aliphatic rings. The quantitative estimate of drug-likeness (QED) is 0.804. The van der Waals surface area contributed by atoms with Crippen molar-refractivity contribution in [1.82, 2.24) is 20.0 Å². The number of nitrogens with one attached hydrogen (secondary N) is 1. The maximum Gasteiger partial charge on any atom is 0.350 e. The fourth-order valence-corrected chi connectivity index (χ4v) is 2.37. The summed E-state index contributed by atoms with van der Waals surface area (Å²) in [6.07, 6.45) is 3.42. The van der Waals surface area contributed by atoms with E-state index in [9.17, 15) is 4.79 Å². The van der Waals surface area contributed by atoms with Crippen molar-refractivity contribution in [3.63, 3.8) is 0 Å². The third-order valence-corrected chi connectivity index (χ3v) is 3.44. The molecule has 2 aromatic heterocycles. The first-order chi connectivity index (χ1) is 9.20. The van der Waals surface area contributed by atoms with Gasteiger partial charge >= 0.3 is 5.97 Å². The van der Waals surface area contributed by atoms with Crippen molar-refractivity contribution in [3.05, 3.63) is 23.0 Å². The minimum Gasteiger partial charge on any atom is -0.462 e. The van der Waals surface area contributed by atoms with Crippen molar-refractivity contribution in [2.24, 2.45) is 0 Å². The Kier molecular flexibility index (Phi) is 4.45. The molecule has 0 radical (unpaired) electrons. The molecule has 0 atom stereocenters. The van der Waals surface area contributed by atoms with E-state index in [1.807, 2.05) is 0 Å². The number of carbonyl (C=O) groups is 1. The maximum absolute atomic E-state index is 11.6. The summed E-state index contributed by atoms with van der Waals surface area (Å²) < 4.78 is 6.69. The monoisotopic (exact) mass is 281 g/mol. The number of hydrogen-bond acceptors (Lipinski definition) is 7. The molecule has 2 heterocycles. The summed E-state index contributed by atoms with van der Waals surface area (Å²) in [5, 5.41) is 11.4. The lowest BCUT2D eigenvalue weighted by Gasteiger charge is -2.01. The number of ether oxygens (including phenoxy) is 1. The largest absolute Gasteiger partial charge is 0.462 e. The average molecular weight is 281 g/mol. The molecule has 0 spiro atoms. The fourth-order valence-electron chi connectivity index (χ4n) is 1.49. The molecule has 2 rings (SSSR count). The number of rotatable bonds is 6. The molecule has 0 aliphatic carbocycles. The van der Waals surface area contributed by atoms with Crippen LogP contribution in [0.25, 0.3) is 0 Å². The van der Waals surface area contributed by atoms with Crippen LogP contribution in [0.2, 0.25) is 0 Å². The number of thiazole rings is 1. The van der Waals surface area contributed by atoms with Crippen LogP contribution in [-0.2, 0) is 11.3 Å². The SMILES string of the molecule is CCOC(=O)c1sc(NCCn2ccnn2)nc1C. The first-order valence-corrected chi connectivity index (χ1v) is 6.75. The van der Waals surface area contributed by atoms with Crippen molar-refractivity contribution >= 4 is 22.4 Å². The summed E-state index contributed by atoms with van der Waals surface area (Å²) in [5.41, 5.74) is 0.687. The maximum atomic E-state index is 11.6. The fraction of sp³-hybridized carbons (Fsp3) is 0.455. The van der Waals surface area contributed by atoms with Crippen LogP contribution < -0.4 is 5.32 Å². The Balaban J connectivity index is 1.90. The van der Waals surface area contributed by atoms with Crippen molar-refractivity contribution < 1.29 is 9.53 Å². The van der Waals surface area contributed by atoms with E-state index >= 15 is 0 Å². The van der Waals surface area contributed by atoms with E-state index < -0.39 is 0 Å². The summed E-state index contributed by atoms with van der Waals surface area (Å²) in [7, 11) is 0.